The number of hydrogen-bond acceptors (Lipinski definition) is 4. The number of anilines is 2. The summed E-state index contributed by atoms with van der Waals surface area (Å²) >= 11 is 0. The molecule has 1 amide bonds. The Balaban J connectivity index is 2.51. The van der Waals surface area contributed by atoms with E-state index in [2.05, 4.69) is 31.0 Å². The molecule has 5 nitrogen and oxygen atoms in total. The van der Waals surface area contributed by atoms with E-state index < -0.39 is 0 Å². The van der Waals surface area contributed by atoms with Crippen LogP contribution in [0, 0.1) is 5.41 Å². The van der Waals surface area contributed by atoms with Crippen molar-refractivity contribution in [2.75, 3.05) is 38.3 Å². The van der Waals surface area contributed by atoms with Crippen LogP contribution in [0.2, 0.25) is 0 Å². The van der Waals surface area contributed by atoms with E-state index in [1.54, 1.807) is 25.3 Å². The van der Waals surface area contributed by atoms with Gasteiger partial charge in [-0.15, -0.1) is 0 Å². The number of benzene rings is 1. The monoisotopic (exact) mass is 293 g/mol. The average molecular weight is 293 g/mol. The molecule has 0 aromatic heterocycles. The Hall–Kier alpha value is -1.75. The van der Waals surface area contributed by atoms with Gasteiger partial charge in [0.1, 0.15) is 5.75 Å². The number of nitrogens with two attached hydrogens (primary N) is 1. The highest BCUT2D eigenvalue weighted by atomic mass is 16.5. The summed E-state index contributed by atoms with van der Waals surface area (Å²) in [5, 5.41) is 2.86. The van der Waals surface area contributed by atoms with Crippen LogP contribution >= 0.6 is 0 Å². The van der Waals surface area contributed by atoms with Crippen molar-refractivity contribution in [3.63, 3.8) is 0 Å². The minimum absolute atomic E-state index is 0.0289. The number of rotatable bonds is 6. The number of nitrogens with one attached hydrogen (secondary N) is 1. The number of ether oxygens (including phenoxy) is 1. The molecule has 118 valence electrons. The first-order valence-corrected chi connectivity index (χ1v) is 7.13. The number of hydrogen-bond donors (Lipinski definition) is 2. The fourth-order valence-electron chi connectivity index (χ4n) is 2.20. The zero-order chi connectivity index (χ0) is 16.0. The molecule has 21 heavy (non-hydrogen) atoms. The van der Waals surface area contributed by atoms with E-state index in [9.17, 15) is 4.79 Å². The summed E-state index contributed by atoms with van der Waals surface area (Å²) in [6, 6.07) is 5.19. The molecular weight excluding hydrogens is 266 g/mol. The lowest BCUT2D eigenvalue weighted by molar-refractivity contribution is -0.116. The average Bonchev–Trinajstić information content (AvgIpc) is 2.36. The Kier molecular flexibility index (Phi) is 6.03. The summed E-state index contributed by atoms with van der Waals surface area (Å²) in [5.41, 5.74) is 7.17. The second-order valence-electron chi connectivity index (χ2n) is 6.56. The largest absolute Gasteiger partial charge is 0.494 e. The van der Waals surface area contributed by atoms with Crippen molar-refractivity contribution < 1.29 is 9.53 Å². The highest BCUT2D eigenvalue weighted by Gasteiger charge is 2.14. The minimum atomic E-state index is -0.0289. The van der Waals surface area contributed by atoms with E-state index in [0.29, 0.717) is 23.5 Å². The standard InChI is InChI=1S/C16H27N3O2/c1-16(2,3)11-19(4)9-8-15(20)18-13-7-6-12(17)10-14(13)21-5/h6-7,10H,8-9,11,17H2,1-5H3,(H,18,20). The number of carbonyl (C=O) groups is 1. The second kappa shape index (κ2) is 7.31. The number of nitrogen functional groups attached to an aromatic ring is 1. The predicted molar refractivity (Wildman–Crippen MR) is 87.6 cm³/mol. The van der Waals surface area contributed by atoms with Crippen molar-refractivity contribution in [3.05, 3.63) is 18.2 Å². The maximum Gasteiger partial charge on any atom is 0.225 e. The molecule has 1 aromatic carbocycles. The van der Waals surface area contributed by atoms with Crippen LogP contribution < -0.4 is 15.8 Å². The lowest BCUT2D eigenvalue weighted by Crippen LogP contribution is -2.31. The summed E-state index contributed by atoms with van der Waals surface area (Å²) in [4.78, 5) is 14.2. The third kappa shape index (κ3) is 6.49. The Bertz CT molecular complexity index is 481. The van der Waals surface area contributed by atoms with Gasteiger partial charge in [-0.2, -0.15) is 0 Å². The van der Waals surface area contributed by atoms with E-state index >= 15 is 0 Å². The van der Waals surface area contributed by atoms with Gasteiger partial charge in [0.2, 0.25) is 5.91 Å². The molecule has 0 radical (unpaired) electrons. The lowest BCUT2D eigenvalue weighted by atomic mass is 9.96. The number of carbonyl (C=O) groups excluding carboxylic acids is 1. The molecule has 0 fully saturated rings. The normalized spacial score (nSPS) is 11.5. The van der Waals surface area contributed by atoms with Gasteiger partial charge in [-0.25, -0.2) is 0 Å². The molecule has 0 saturated carbocycles. The molecule has 0 aliphatic heterocycles. The number of amides is 1. The fraction of sp³-hybridized carbons (Fsp3) is 0.562. The van der Waals surface area contributed by atoms with Gasteiger partial charge in [-0.1, -0.05) is 20.8 Å². The van der Waals surface area contributed by atoms with Gasteiger partial charge in [0.15, 0.2) is 0 Å². The van der Waals surface area contributed by atoms with Crippen molar-refractivity contribution in [1.82, 2.24) is 4.90 Å². The van der Waals surface area contributed by atoms with Gasteiger partial charge in [0, 0.05) is 31.3 Å². The van der Waals surface area contributed by atoms with Crippen molar-refractivity contribution in [1.29, 1.82) is 0 Å². The van der Waals surface area contributed by atoms with Crippen LogP contribution in [0.5, 0.6) is 5.75 Å². The molecular formula is C16H27N3O2. The Morgan fingerprint density at radius 1 is 1.38 bits per heavy atom. The third-order valence-corrected chi connectivity index (χ3v) is 2.96. The molecule has 1 aromatic rings. The zero-order valence-electron chi connectivity index (χ0n) is 13.7. The van der Waals surface area contributed by atoms with Gasteiger partial charge in [0.25, 0.3) is 0 Å². The first-order chi connectivity index (χ1) is 9.71. The lowest BCUT2D eigenvalue weighted by Gasteiger charge is -2.26. The van der Waals surface area contributed by atoms with Crippen LogP contribution in [-0.2, 0) is 4.79 Å². The number of methoxy groups -OCH3 is 1. The van der Waals surface area contributed by atoms with Gasteiger partial charge in [-0.3, -0.25) is 4.79 Å². The minimum Gasteiger partial charge on any atom is -0.494 e. The number of nitrogens with zero attached hydrogens (tertiary/aromatic N) is 1. The van der Waals surface area contributed by atoms with Crippen molar-refractivity contribution in [3.8, 4) is 5.75 Å². The molecule has 0 saturated heterocycles. The van der Waals surface area contributed by atoms with E-state index in [1.807, 2.05) is 7.05 Å². The Labute approximate surface area is 127 Å². The van der Waals surface area contributed by atoms with Gasteiger partial charge in [-0.05, 0) is 24.6 Å². The highest BCUT2D eigenvalue weighted by molar-refractivity contribution is 5.92. The maximum atomic E-state index is 12.0. The molecule has 0 heterocycles. The van der Waals surface area contributed by atoms with E-state index in [-0.39, 0.29) is 11.3 Å². The molecule has 0 atom stereocenters. The molecule has 0 unspecified atom stereocenters. The van der Waals surface area contributed by atoms with Crippen LogP contribution in [0.3, 0.4) is 0 Å². The van der Waals surface area contributed by atoms with Crippen molar-refractivity contribution >= 4 is 17.3 Å². The van der Waals surface area contributed by atoms with Crippen LogP contribution in [-0.4, -0.2) is 38.1 Å². The molecule has 3 N–H and O–H groups in total. The first kappa shape index (κ1) is 17.3. The van der Waals surface area contributed by atoms with Gasteiger partial charge >= 0.3 is 0 Å². The molecule has 0 aliphatic rings. The summed E-state index contributed by atoms with van der Waals surface area (Å²) in [7, 11) is 3.59. The van der Waals surface area contributed by atoms with Gasteiger partial charge < -0.3 is 20.7 Å². The van der Waals surface area contributed by atoms with Crippen molar-refractivity contribution in [2.45, 2.75) is 27.2 Å². The van der Waals surface area contributed by atoms with Crippen LogP contribution in [0.25, 0.3) is 0 Å². The maximum absolute atomic E-state index is 12.0. The Morgan fingerprint density at radius 2 is 2.05 bits per heavy atom. The molecule has 0 spiro atoms. The van der Waals surface area contributed by atoms with Crippen LogP contribution in [0.15, 0.2) is 18.2 Å². The predicted octanol–water partition coefficient (Wildman–Crippen LogP) is 2.58. The topological polar surface area (TPSA) is 67.6 Å². The first-order valence-electron chi connectivity index (χ1n) is 7.13. The second-order valence-corrected chi connectivity index (χ2v) is 6.56. The van der Waals surface area contributed by atoms with E-state index in [1.165, 1.54) is 0 Å². The molecule has 0 bridgehead atoms. The zero-order valence-corrected chi connectivity index (χ0v) is 13.7. The third-order valence-electron chi connectivity index (χ3n) is 2.96. The summed E-state index contributed by atoms with van der Waals surface area (Å²) < 4.78 is 5.21. The van der Waals surface area contributed by atoms with E-state index in [0.717, 1.165) is 13.1 Å². The molecule has 5 heteroatoms. The quantitative estimate of drug-likeness (QED) is 0.791. The fourth-order valence-corrected chi connectivity index (χ4v) is 2.20. The van der Waals surface area contributed by atoms with Crippen LogP contribution in [0.4, 0.5) is 11.4 Å². The summed E-state index contributed by atoms with van der Waals surface area (Å²) in [6.07, 6.45) is 0.445. The molecule has 0 aliphatic carbocycles. The molecule has 1 rings (SSSR count). The van der Waals surface area contributed by atoms with Gasteiger partial charge in [0.05, 0.1) is 12.8 Å². The summed E-state index contributed by atoms with van der Waals surface area (Å²) in [5.74, 6) is 0.547. The Morgan fingerprint density at radius 3 is 2.62 bits per heavy atom. The summed E-state index contributed by atoms with van der Waals surface area (Å²) in [6.45, 7) is 8.22. The smallest absolute Gasteiger partial charge is 0.225 e. The SMILES string of the molecule is COc1cc(N)ccc1NC(=O)CCN(C)CC(C)(C)C. The van der Waals surface area contributed by atoms with Crippen LogP contribution in [0.1, 0.15) is 27.2 Å². The van der Waals surface area contributed by atoms with E-state index in [4.69, 9.17) is 10.5 Å². The highest BCUT2D eigenvalue weighted by Crippen LogP contribution is 2.26. The van der Waals surface area contributed by atoms with Crippen molar-refractivity contribution in [2.24, 2.45) is 5.41 Å².